The third-order valence-electron chi connectivity index (χ3n) is 2.57. The molecule has 0 rings (SSSR count). The van der Waals surface area contributed by atoms with Gasteiger partial charge in [0.05, 0.1) is 0 Å². The molecule has 0 aromatic carbocycles. The Hall–Kier alpha value is -0.0200. The lowest BCUT2D eigenvalue weighted by atomic mass is 10.2. The van der Waals surface area contributed by atoms with Crippen molar-refractivity contribution in [3.05, 3.63) is 0 Å². The minimum Gasteiger partial charge on any atom is -0.303 e. The number of hydrogen-bond acceptors (Lipinski definition) is 2. The quantitative estimate of drug-likeness (QED) is 0.475. The molecule has 0 amide bonds. The number of rotatable bonds is 9. The number of aldehydes is 2. The van der Waals surface area contributed by atoms with Crippen LogP contribution < -0.4 is 0 Å². The smallest absolute Gasteiger partial charge is 0.123 e. The Kier molecular flexibility index (Phi) is 8.12. The molecule has 0 aromatic heterocycles. The summed E-state index contributed by atoms with van der Waals surface area (Å²) in [5.41, 5.74) is 0. The molecule has 2 atom stereocenters. The van der Waals surface area contributed by atoms with E-state index in [-0.39, 0.29) is 11.8 Å². The van der Waals surface area contributed by atoms with Gasteiger partial charge in [-0.05, 0) is 29.9 Å². The summed E-state index contributed by atoms with van der Waals surface area (Å²) < 4.78 is 0. The van der Waals surface area contributed by atoms with Gasteiger partial charge < -0.3 is 9.59 Å². The van der Waals surface area contributed by atoms with E-state index in [1.807, 2.05) is 13.8 Å². The molecular weight excluding hydrogens is 244 g/mol. The van der Waals surface area contributed by atoms with Crippen LogP contribution in [0.25, 0.3) is 0 Å². The van der Waals surface area contributed by atoms with Gasteiger partial charge in [0.25, 0.3) is 0 Å². The van der Waals surface area contributed by atoms with Gasteiger partial charge in [-0.1, -0.05) is 13.8 Å². The highest BCUT2D eigenvalue weighted by Gasteiger charge is 2.23. The van der Waals surface area contributed by atoms with Gasteiger partial charge in [0.2, 0.25) is 0 Å². The summed E-state index contributed by atoms with van der Waals surface area (Å²) in [5, 5.41) is 0. The second-order valence-electron chi connectivity index (χ2n) is 4.79. The van der Waals surface area contributed by atoms with E-state index in [4.69, 9.17) is 11.6 Å². The fourth-order valence-electron chi connectivity index (χ4n) is 1.99. The van der Waals surface area contributed by atoms with Gasteiger partial charge in [-0.3, -0.25) is 0 Å². The van der Waals surface area contributed by atoms with E-state index in [0.717, 1.165) is 36.3 Å². The Morgan fingerprint density at radius 3 is 1.88 bits per heavy atom. The number of carbonyl (C=O) groups excluding carboxylic acids is 2. The Morgan fingerprint density at radius 1 is 1.12 bits per heavy atom. The minimum atomic E-state index is -0.871. The van der Waals surface area contributed by atoms with E-state index >= 15 is 0 Å². The Balaban J connectivity index is 4.45. The molecule has 16 heavy (non-hydrogen) atoms. The molecule has 0 saturated carbocycles. The number of alkyl halides is 1. The standard InChI is InChI=1S/C12H23ClO2S/c1-11(7-14)9-16(3,6-4-5-13)10-12(2)8-15/h7-8,11-12H,4-6,9-10H2,1-3H3. The lowest BCUT2D eigenvalue weighted by Crippen LogP contribution is -2.22. The second-order valence-corrected chi connectivity index (χ2v) is 9.19. The molecule has 0 fully saturated rings. The highest BCUT2D eigenvalue weighted by molar-refractivity contribution is 8.33. The molecule has 0 bridgehead atoms. The van der Waals surface area contributed by atoms with Crippen LogP contribution in [-0.2, 0) is 9.59 Å². The Bertz CT molecular complexity index is 205. The molecule has 0 aromatic rings. The SMILES string of the molecule is CC(C=O)CS(C)(CCCCl)CC(C)C=O. The van der Waals surface area contributed by atoms with Crippen molar-refractivity contribution in [3.63, 3.8) is 0 Å². The summed E-state index contributed by atoms with van der Waals surface area (Å²) in [6.45, 7) is 3.90. The first-order chi connectivity index (χ1) is 7.47. The van der Waals surface area contributed by atoms with Crippen molar-refractivity contribution in [2.24, 2.45) is 11.8 Å². The maximum atomic E-state index is 10.7. The average Bonchev–Trinajstić information content (AvgIpc) is 2.25. The summed E-state index contributed by atoms with van der Waals surface area (Å²) in [7, 11) is -0.871. The molecule has 2 unspecified atom stereocenters. The van der Waals surface area contributed by atoms with Crippen molar-refractivity contribution in [3.8, 4) is 0 Å². The first kappa shape index (κ1) is 16.0. The van der Waals surface area contributed by atoms with Crippen molar-refractivity contribution < 1.29 is 9.59 Å². The predicted molar refractivity (Wildman–Crippen MR) is 73.9 cm³/mol. The summed E-state index contributed by atoms with van der Waals surface area (Å²) >= 11 is 5.72. The van der Waals surface area contributed by atoms with Crippen LogP contribution in [0.4, 0.5) is 0 Å². The van der Waals surface area contributed by atoms with E-state index < -0.39 is 10.0 Å². The van der Waals surface area contributed by atoms with Gasteiger partial charge in [0, 0.05) is 17.7 Å². The van der Waals surface area contributed by atoms with Gasteiger partial charge in [-0.15, -0.1) is 11.6 Å². The molecule has 0 aliphatic carbocycles. The molecule has 0 radical (unpaired) electrons. The number of hydrogen-bond donors (Lipinski definition) is 0. The Morgan fingerprint density at radius 2 is 1.56 bits per heavy atom. The van der Waals surface area contributed by atoms with Crippen molar-refractivity contribution in [1.82, 2.24) is 0 Å². The fourth-order valence-corrected chi connectivity index (χ4v) is 6.28. The predicted octanol–water partition coefficient (Wildman–Crippen LogP) is 2.72. The third-order valence-corrected chi connectivity index (χ3v) is 6.77. The van der Waals surface area contributed by atoms with Gasteiger partial charge in [-0.2, -0.15) is 0 Å². The molecule has 0 aliphatic heterocycles. The van der Waals surface area contributed by atoms with Crippen LogP contribution in [-0.4, -0.2) is 42.0 Å². The monoisotopic (exact) mass is 266 g/mol. The molecular formula is C12H23ClO2S. The first-order valence-corrected chi connectivity index (χ1v) is 8.73. The van der Waals surface area contributed by atoms with Crippen molar-refractivity contribution in [2.45, 2.75) is 20.3 Å². The zero-order chi connectivity index (χ0) is 12.6. The van der Waals surface area contributed by atoms with Crippen LogP contribution in [0, 0.1) is 11.8 Å². The largest absolute Gasteiger partial charge is 0.303 e. The van der Waals surface area contributed by atoms with E-state index in [2.05, 4.69) is 6.26 Å². The average molecular weight is 267 g/mol. The summed E-state index contributed by atoms with van der Waals surface area (Å²) in [6, 6.07) is 0. The van der Waals surface area contributed by atoms with Crippen LogP contribution in [0.15, 0.2) is 0 Å². The Labute approximate surface area is 105 Å². The molecule has 0 N–H and O–H groups in total. The topological polar surface area (TPSA) is 34.1 Å². The molecule has 0 aliphatic rings. The van der Waals surface area contributed by atoms with Crippen LogP contribution in [0.5, 0.6) is 0 Å². The van der Waals surface area contributed by atoms with Crippen LogP contribution >= 0.6 is 21.6 Å². The zero-order valence-electron chi connectivity index (χ0n) is 10.4. The van der Waals surface area contributed by atoms with E-state index in [0.29, 0.717) is 5.88 Å². The maximum absolute atomic E-state index is 10.7. The van der Waals surface area contributed by atoms with Crippen molar-refractivity contribution in [1.29, 1.82) is 0 Å². The summed E-state index contributed by atoms with van der Waals surface area (Å²) in [4.78, 5) is 21.5. The highest BCUT2D eigenvalue weighted by atomic mass is 35.5. The molecule has 96 valence electrons. The summed E-state index contributed by atoms with van der Waals surface area (Å²) in [5.74, 6) is 3.75. The molecule has 2 nitrogen and oxygen atoms in total. The zero-order valence-corrected chi connectivity index (χ0v) is 12.0. The summed E-state index contributed by atoms with van der Waals surface area (Å²) in [6.07, 6.45) is 5.24. The van der Waals surface area contributed by atoms with Crippen LogP contribution in [0.1, 0.15) is 20.3 Å². The lowest BCUT2D eigenvalue weighted by molar-refractivity contribution is -0.110. The van der Waals surface area contributed by atoms with Gasteiger partial charge >= 0.3 is 0 Å². The third kappa shape index (κ3) is 6.54. The normalized spacial score (nSPS) is 20.5. The van der Waals surface area contributed by atoms with Crippen molar-refractivity contribution >= 4 is 34.2 Å². The van der Waals surface area contributed by atoms with Gasteiger partial charge in [0.1, 0.15) is 12.6 Å². The van der Waals surface area contributed by atoms with Crippen LogP contribution in [0.2, 0.25) is 0 Å². The molecule has 0 spiro atoms. The van der Waals surface area contributed by atoms with Gasteiger partial charge in [0.15, 0.2) is 0 Å². The first-order valence-electron chi connectivity index (χ1n) is 5.65. The highest BCUT2D eigenvalue weighted by Crippen LogP contribution is 2.47. The van der Waals surface area contributed by atoms with Crippen LogP contribution in [0.3, 0.4) is 0 Å². The second kappa shape index (κ2) is 8.13. The van der Waals surface area contributed by atoms with Gasteiger partial charge in [-0.25, -0.2) is 10.0 Å². The number of carbonyl (C=O) groups is 2. The molecule has 4 heteroatoms. The molecule has 0 heterocycles. The van der Waals surface area contributed by atoms with Crippen molar-refractivity contribution in [2.75, 3.05) is 29.4 Å². The van der Waals surface area contributed by atoms with E-state index in [1.165, 1.54) is 0 Å². The maximum Gasteiger partial charge on any atom is 0.123 e. The van der Waals surface area contributed by atoms with E-state index in [1.54, 1.807) is 0 Å². The van der Waals surface area contributed by atoms with E-state index in [9.17, 15) is 9.59 Å². The minimum absolute atomic E-state index is 0.0918. The fraction of sp³-hybridized carbons (Fsp3) is 0.833. The molecule has 0 saturated heterocycles. The lowest BCUT2D eigenvalue weighted by Gasteiger charge is -2.38. The number of halogens is 1.